The highest BCUT2D eigenvalue weighted by Gasteiger charge is 2.37. The molecule has 1 saturated heterocycles. The number of hydrogen-bond acceptors (Lipinski definition) is 6. The zero-order valence-electron chi connectivity index (χ0n) is 16.4. The van der Waals surface area contributed by atoms with Crippen molar-refractivity contribution in [3.63, 3.8) is 0 Å². The molecule has 0 aliphatic carbocycles. The molecule has 8 nitrogen and oxygen atoms in total. The fraction of sp³-hybridized carbons (Fsp3) is 0.263. The molecule has 0 unspecified atom stereocenters. The molecule has 1 amide bonds. The van der Waals surface area contributed by atoms with Crippen molar-refractivity contribution in [2.75, 3.05) is 29.9 Å². The van der Waals surface area contributed by atoms with Crippen molar-refractivity contribution >= 4 is 34.3 Å². The second-order valence-electron chi connectivity index (χ2n) is 7.13. The molecule has 0 saturated carbocycles. The van der Waals surface area contributed by atoms with Gasteiger partial charge in [0.25, 0.3) is 5.56 Å². The Morgan fingerprint density at radius 3 is 2.24 bits per heavy atom. The standard InChI is InChI=1S/C19H14F6N6O2/c20-18(21,22)9-5-10(19(23,24)25)7-11(6-9)28-15-14-12(1-2-27-16(14)33)29-17(30-15)31-4-3-26-13(32)8-31/h1-2,5-7H,3-4,8H2,(H,26,32)(H,27,33)(H,28,29,30). The number of H-pyrrole nitrogens is 1. The highest BCUT2D eigenvalue weighted by Crippen LogP contribution is 2.38. The number of nitrogens with zero attached hydrogens (tertiary/aromatic N) is 3. The lowest BCUT2D eigenvalue weighted by atomic mass is 10.1. The maximum Gasteiger partial charge on any atom is 0.416 e. The van der Waals surface area contributed by atoms with Crippen LogP contribution >= 0.6 is 0 Å². The quantitative estimate of drug-likeness (QED) is 0.507. The maximum atomic E-state index is 13.2. The van der Waals surface area contributed by atoms with Crippen molar-refractivity contribution in [3.8, 4) is 0 Å². The van der Waals surface area contributed by atoms with E-state index >= 15 is 0 Å². The molecule has 0 radical (unpaired) electrons. The normalized spacial score (nSPS) is 15.0. The molecule has 1 fully saturated rings. The van der Waals surface area contributed by atoms with E-state index < -0.39 is 34.7 Å². The molecule has 33 heavy (non-hydrogen) atoms. The van der Waals surface area contributed by atoms with Crippen molar-refractivity contribution in [1.82, 2.24) is 20.3 Å². The number of alkyl halides is 6. The number of anilines is 3. The summed E-state index contributed by atoms with van der Waals surface area (Å²) >= 11 is 0. The number of nitrogens with one attached hydrogen (secondary N) is 3. The number of rotatable bonds is 3. The van der Waals surface area contributed by atoms with Gasteiger partial charge in [-0.2, -0.15) is 31.3 Å². The number of benzene rings is 1. The van der Waals surface area contributed by atoms with Crippen LogP contribution in [0, 0.1) is 0 Å². The van der Waals surface area contributed by atoms with Crippen molar-refractivity contribution in [2.45, 2.75) is 12.4 Å². The van der Waals surface area contributed by atoms with Gasteiger partial charge in [-0.3, -0.25) is 9.59 Å². The zero-order valence-corrected chi connectivity index (χ0v) is 16.4. The molecule has 14 heteroatoms. The van der Waals surface area contributed by atoms with Crippen LogP contribution < -0.4 is 21.1 Å². The first-order chi connectivity index (χ1) is 15.4. The number of aromatic amines is 1. The fourth-order valence-electron chi connectivity index (χ4n) is 3.28. The number of hydrogen-bond donors (Lipinski definition) is 3. The Kier molecular flexibility index (Phi) is 5.38. The van der Waals surface area contributed by atoms with E-state index in [1.807, 2.05) is 0 Å². The van der Waals surface area contributed by atoms with E-state index in [2.05, 4.69) is 25.6 Å². The van der Waals surface area contributed by atoms with Crippen LogP contribution in [0.3, 0.4) is 0 Å². The fourth-order valence-corrected chi connectivity index (χ4v) is 3.28. The van der Waals surface area contributed by atoms with Crippen LogP contribution in [0.25, 0.3) is 10.9 Å². The molecule has 0 spiro atoms. The first kappa shape index (κ1) is 22.4. The van der Waals surface area contributed by atoms with Gasteiger partial charge in [0, 0.05) is 25.0 Å². The minimum Gasteiger partial charge on any atom is -0.353 e. The Bertz CT molecular complexity index is 1250. The van der Waals surface area contributed by atoms with Gasteiger partial charge in [0.15, 0.2) is 0 Å². The summed E-state index contributed by atoms with van der Waals surface area (Å²) in [5.74, 6) is -0.651. The average molecular weight is 472 g/mol. The summed E-state index contributed by atoms with van der Waals surface area (Å²) < 4.78 is 79.3. The lowest BCUT2D eigenvalue weighted by Crippen LogP contribution is -2.48. The Hall–Kier alpha value is -3.84. The minimum atomic E-state index is -5.05. The zero-order chi connectivity index (χ0) is 24.0. The predicted octanol–water partition coefficient (Wildman–Crippen LogP) is 3.04. The number of piperazine rings is 1. The molecule has 174 valence electrons. The second kappa shape index (κ2) is 7.94. The van der Waals surface area contributed by atoms with E-state index in [1.54, 1.807) is 0 Å². The van der Waals surface area contributed by atoms with Crippen LogP contribution in [0.4, 0.5) is 43.8 Å². The number of amides is 1. The van der Waals surface area contributed by atoms with Gasteiger partial charge in [-0.15, -0.1) is 0 Å². The highest BCUT2D eigenvalue weighted by atomic mass is 19.4. The molecule has 3 N–H and O–H groups in total. The Morgan fingerprint density at radius 2 is 1.64 bits per heavy atom. The summed E-state index contributed by atoms with van der Waals surface area (Å²) in [6.07, 6.45) is -8.81. The van der Waals surface area contributed by atoms with E-state index in [0.29, 0.717) is 18.7 Å². The summed E-state index contributed by atoms with van der Waals surface area (Å²) in [5, 5.41) is 4.84. The van der Waals surface area contributed by atoms with Crippen LogP contribution in [-0.2, 0) is 17.1 Å². The topological polar surface area (TPSA) is 103 Å². The highest BCUT2D eigenvalue weighted by molar-refractivity contribution is 5.91. The van der Waals surface area contributed by atoms with Gasteiger partial charge >= 0.3 is 12.4 Å². The average Bonchev–Trinajstić information content (AvgIpc) is 2.72. The summed E-state index contributed by atoms with van der Waals surface area (Å²) in [4.78, 5) is 36.3. The van der Waals surface area contributed by atoms with E-state index in [4.69, 9.17) is 0 Å². The number of aromatic nitrogens is 3. The van der Waals surface area contributed by atoms with E-state index in [-0.39, 0.29) is 47.7 Å². The second-order valence-corrected chi connectivity index (χ2v) is 7.13. The Labute approximate surface area is 180 Å². The number of fused-ring (bicyclic) bond motifs is 1. The van der Waals surface area contributed by atoms with Gasteiger partial charge in [-0.25, -0.2) is 4.98 Å². The van der Waals surface area contributed by atoms with Crippen molar-refractivity contribution in [3.05, 3.63) is 51.9 Å². The van der Waals surface area contributed by atoms with Gasteiger partial charge in [0.2, 0.25) is 11.9 Å². The molecule has 1 aliphatic rings. The van der Waals surface area contributed by atoms with Crippen molar-refractivity contribution in [1.29, 1.82) is 0 Å². The van der Waals surface area contributed by atoms with Crippen LogP contribution in [0.15, 0.2) is 35.3 Å². The molecule has 2 aromatic heterocycles. The molecule has 4 rings (SSSR count). The largest absolute Gasteiger partial charge is 0.416 e. The van der Waals surface area contributed by atoms with Gasteiger partial charge in [0.1, 0.15) is 11.2 Å². The summed E-state index contributed by atoms with van der Waals surface area (Å²) in [5.41, 5.74) is -4.26. The first-order valence-corrected chi connectivity index (χ1v) is 9.39. The van der Waals surface area contributed by atoms with Crippen LogP contribution in [0.5, 0.6) is 0 Å². The van der Waals surface area contributed by atoms with Gasteiger partial charge in [-0.05, 0) is 24.3 Å². The molecule has 3 aromatic rings. The number of halogens is 6. The van der Waals surface area contributed by atoms with Crippen LogP contribution in [-0.4, -0.2) is 40.5 Å². The van der Waals surface area contributed by atoms with Crippen molar-refractivity contribution in [2.24, 2.45) is 0 Å². The maximum absolute atomic E-state index is 13.2. The van der Waals surface area contributed by atoms with Crippen molar-refractivity contribution < 1.29 is 31.1 Å². The Morgan fingerprint density at radius 1 is 0.970 bits per heavy atom. The van der Waals surface area contributed by atoms with E-state index in [0.717, 1.165) is 0 Å². The predicted molar refractivity (Wildman–Crippen MR) is 105 cm³/mol. The monoisotopic (exact) mass is 472 g/mol. The molecule has 3 heterocycles. The molecule has 1 aromatic carbocycles. The first-order valence-electron chi connectivity index (χ1n) is 9.39. The number of pyridine rings is 1. The number of carbonyl (C=O) groups is 1. The molecule has 1 aliphatic heterocycles. The third-order valence-electron chi connectivity index (χ3n) is 4.78. The summed E-state index contributed by atoms with van der Waals surface area (Å²) in [7, 11) is 0. The summed E-state index contributed by atoms with van der Waals surface area (Å²) in [6.45, 7) is 0.471. The SMILES string of the molecule is O=C1CN(c2nc(Nc3cc(C(F)(F)F)cc(C(F)(F)F)c3)c3c(=O)[nH]ccc3n2)CCN1. The van der Waals surface area contributed by atoms with Crippen LogP contribution in [0.1, 0.15) is 11.1 Å². The van der Waals surface area contributed by atoms with E-state index in [1.165, 1.54) is 17.2 Å². The molecular formula is C19H14F6N6O2. The smallest absolute Gasteiger partial charge is 0.353 e. The minimum absolute atomic E-state index is 0.00611. The van der Waals surface area contributed by atoms with Crippen LogP contribution in [0.2, 0.25) is 0 Å². The molecule has 0 bridgehead atoms. The summed E-state index contributed by atoms with van der Waals surface area (Å²) in [6, 6.07) is 2.35. The lowest BCUT2D eigenvalue weighted by Gasteiger charge is -2.27. The molecular weight excluding hydrogens is 458 g/mol. The Balaban J connectivity index is 1.86. The number of carbonyl (C=O) groups excluding carboxylic acids is 1. The van der Waals surface area contributed by atoms with Gasteiger partial charge in [-0.1, -0.05) is 0 Å². The lowest BCUT2D eigenvalue weighted by molar-refractivity contribution is -0.143. The van der Waals surface area contributed by atoms with Gasteiger partial charge in [0.05, 0.1) is 23.2 Å². The third kappa shape index (κ3) is 4.68. The molecule has 0 atom stereocenters. The van der Waals surface area contributed by atoms with Gasteiger partial charge < -0.3 is 20.5 Å². The third-order valence-corrected chi connectivity index (χ3v) is 4.78. The van der Waals surface area contributed by atoms with E-state index in [9.17, 15) is 35.9 Å².